The van der Waals surface area contributed by atoms with Gasteiger partial charge in [-0.2, -0.15) is 0 Å². The number of anilines is 1. The fraction of sp³-hybridized carbons (Fsp3) is 0.486. The molecule has 3 heterocycles. The number of aromatic nitrogens is 2. The summed E-state index contributed by atoms with van der Waals surface area (Å²) in [5, 5.41) is 1.01. The predicted octanol–water partition coefficient (Wildman–Crippen LogP) is 7.59. The Hall–Kier alpha value is -2.90. The number of hydrogen-bond donors (Lipinski definition) is 0. The molecule has 2 aromatic carbocycles. The minimum absolute atomic E-state index is 0.141. The van der Waals surface area contributed by atoms with Gasteiger partial charge in [0.1, 0.15) is 16.8 Å². The van der Waals surface area contributed by atoms with E-state index < -0.39 is 5.41 Å². The van der Waals surface area contributed by atoms with Crippen LogP contribution in [-0.4, -0.2) is 52.2 Å². The molecule has 2 unspecified atom stereocenters. The molecule has 226 valence electrons. The summed E-state index contributed by atoms with van der Waals surface area (Å²) in [5.41, 5.74) is 2.91. The van der Waals surface area contributed by atoms with Gasteiger partial charge in [-0.15, -0.1) is 0 Å². The Morgan fingerprint density at radius 2 is 1.72 bits per heavy atom. The van der Waals surface area contributed by atoms with Crippen molar-refractivity contribution in [3.05, 3.63) is 82.5 Å². The highest BCUT2D eigenvalue weighted by atomic mass is 35.5. The molecular weight excluding hydrogens is 576 g/mol. The van der Waals surface area contributed by atoms with Crippen LogP contribution in [0.1, 0.15) is 81.3 Å². The van der Waals surface area contributed by atoms with Crippen molar-refractivity contribution in [1.82, 2.24) is 14.9 Å². The molecule has 1 aliphatic carbocycles. The fourth-order valence-electron chi connectivity index (χ4n) is 8.14. The number of hydrogen-bond acceptors (Lipinski definition) is 6. The van der Waals surface area contributed by atoms with Crippen molar-refractivity contribution in [2.45, 2.75) is 82.2 Å². The van der Waals surface area contributed by atoms with E-state index in [1.807, 2.05) is 42.5 Å². The van der Waals surface area contributed by atoms with E-state index in [0.717, 1.165) is 54.7 Å². The largest absolute Gasteiger partial charge is 0.356 e. The van der Waals surface area contributed by atoms with Gasteiger partial charge >= 0.3 is 0 Å². The monoisotopic (exact) mass is 616 g/mol. The lowest BCUT2D eigenvalue weighted by molar-refractivity contribution is -0.123. The molecular formula is C35H41ClN4O2S. The normalized spacial score (nSPS) is 24.2. The van der Waals surface area contributed by atoms with E-state index in [0.29, 0.717) is 35.2 Å². The smallest absolute Gasteiger partial charge is 0.254 e. The highest BCUT2D eigenvalue weighted by molar-refractivity contribution is 7.98. The number of nitrogens with zero attached hydrogens (tertiary/aromatic N) is 4. The molecule has 8 heteroatoms. The van der Waals surface area contributed by atoms with Gasteiger partial charge in [0.25, 0.3) is 5.91 Å². The third-order valence-electron chi connectivity index (χ3n) is 9.82. The van der Waals surface area contributed by atoms with Gasteiger partial charge in [0.2, 0.25) is 0 Å². The van der Waals surface area contributed by atoms with Crippen LogP contribution < -0.4 is 4.90 Å². The summed E-state index contributed by atoms with van der Waals surface area (Å²) in [4.78, 5) is 40.2. The Bertz CT molecular complexity index is 1520. The van der Waals surface area contributed by atoms with Crippen molar-refractivity contribution in [1.29, 1.82) is 0 Å². The van der Waals surface area contributed by atoms with Crippen LogP contribution in [0.3, 0.4) is 0 Å². The number of Topliss-reactive ketones (excluding diaryl/α,β-unsaturated/α-hetero) is 1. The van der Waals surface area contributed by atoms with Crippen LogP contribution in [0.25, 0.3) is 0 Å². The number of piperidine rings is 1. The number of amides is 1. The van der Waals surface area contributed by atoms with Crippen LogP contribution in [0, 0.1) is 10.8 Å². The number of fused-ring (bicyclic) bond motifs is 2. The molecule has 6 nitrogen and oxygen atoms in total. The second kappa shape index (κ2) is 11.6. The molecule has 1 aromatic heterocycles. The SMILES string of the molecule is CC(=O)C1(c2ccccc2)CCN(c2cc(Cl)nc(SCc3cccc(C(=O)N4CC5(C)CC4CC(C)(C)C5)c3)n2)CC1. The zero-order valence-corrected chi connectivity index (χ0v) is 27.2. The van der Waals surface area contributed by atoms with E-state index in [1.54, 1.807) is 6.92 Å². The molecule has 1 saturated carbocycles. The van der Waals surface area contributed by atoms with Gasteiger partial charge in [-0.25, -0.2) is 9.97 Å². The minimum atomic E-state index is -0.462. The summed E-state index contributed by atoms with van der Waals surface area (Å²) in [6.45, 7) is 11.0. The molecule has 2 bridgehead atoms. The molecule has 0 spiro atoms. The third-order valence-corrected chi connectivity index (χ3v) is 10.9. The van der Waals surface area contributed by atoms with E-state index >= 15 is 0 Å². The highest BCUT2D eigenvalue weighted by Gasteiger charge is 2.51. The van der Waals surface area contributed by atoms with Crippen LogP contribution in [0.5, 0.6) is 0 Å². The molecule has 2 saturated heterocycles. The number of carbonyl (C=O) groups is 2. The molecule has 0 N–H and O–H groups in total. The van der Waals surface area contributed by atoms with Gasteiger partial charge in [0.05, 0.1) is 5.41 Å². The molecule has 2 aliphatic heterocycles. The van der Waals surface area contributed by atoms with E-state index in [9.17, 15) is 9.59 Å². The van der Waals surface area contributed by atoms with Crippen LogP contribution in [0.15, 0.2) is 65.8 Å². The van der Waals surface area contributed by atoms with Gasteiger partial charge in [0, 0.05) is 43.1 Å². The fourth-order valence-corrected chi connectivity index (χ4v) is 9.16. The van der Waals surface area contributed by atoms with Gasteiger partial charge in [-0.1, -0.05) is 86.6 Å². The summed E-state index contributed by atoms with van der Waals surface area (Å²) in [5.74, 6) is 1.77. The van der Waals surface area contributed by atoms with Crippen molar-refractivity contribution in [3.8, 4) is 0 Å². The number of ketones is 1. The molecule has 0 radical (unpaired) electrons. The summed E-state index contributed by atoms with van der Waals surface area (Å²) < 4.78 is 0. The lowest BCUT2D eigenvalue weighted by Gasteiger charge is -2.41. The lowest BCUT2D eigenvalue weighted by atomic mass is 9.65. The maximum absolute atomic E-state index is 13.7. The van der Waals surface area contributed by atoms with Gasteiger partial charge < -0.3 is 9.80 Å². The highest BCUT2D eigenvalue weighted by Crippen LogP contribution is 2.52. The molecule has 1 amide bonds. The first kappa shape index (κ1) is 30.1. The van der Waals surface area contributed by atoms with E-state index in [-0.39, 0.29) is 22.5 Å². The van der Waals surface area contributed by atoms with Crippen molar-refractivity contribution in [3.63, 3.8) is 0 Å². The molecule has 6 rings (SSSR count). The number of benzene rings is 2. The standard InChI is InChI=1S/C35H41ClN4O2S/c1-24(41)35(27-11-6-5-7-12-27)13-15-39(16-14-35)30-18-29(36)37-32(38-30)43-21-25-9-8-10-26(17-25)31(42)40-23-34(4)20-28(40)19-33(2,3)22-34/h5-12,17-18,28H,13-16,19-23H2,1-4H3. The second-order valence-corrected chi connectivity index (χ2v) is 15.3. The van der Waals surface area contributed by atoms with Crippen LogP contribution in [0.4, 0.5) is 5.82 Å². The first-order valence-electron chi connectivity index (χ1n) is 15.3. The van der Waals surface area contributed by atoms with Crippen molar-refractivity contribution in [2.24, 2.45) is 10.8 Å². The number of likely N-dealkylation sites (tertiary alicyclic amines) is 1. The summed E-state index contributed by atoms with van der Waals surface area (Å²) in [7, 11) is 0. The van der Waals surface area contributed by atoms with Gasteiger partial charge in [0.15, 0.2) is 5.16 Å². The van der Waals surface area contributed by atoms with Crippen molar-refractivity contribution >= 4 is 40.9 Å². The molecule has 2 atom stereocenters. The molecule has 3 aromatic rings. The van der Waals surface area contributed by atoms with Crippen molar-refractivity contribution in [2.75, 3.05) is 24.5 Å². The molecule has 43 heavy (non-hydrogen) atoms. The van der Waals surface area contributed by atoms with E-state index in [4.69, 9.17) is 16.6 Å². The van der Waals surface area contributed by atoms with Gasteiger partial charge in [-0.3, -0.25) is 9.59 Å². The Labute approximate surface area is 264 Å². The molecule has 3 aliphatic rings. The van der Waals surface area contributed by atoms with E-state index in [1.165, 1.54) is 18.2 Å². The van der Waals surface area contributed by atoms with E-state index in [2.05, 4.69) is 53.8 Å². The zero-order chi connectivity index (χ0) is 30.4. The Morgan fingerprint density at radius 3 is 2.44 bits per heavy atom. The van der Waals surface area contributed by atoms with Gasteiger partial charge in [-0.05, 0) is 73.1 Å². The second-order valence-electron chi connectivity index (χ2n) is 14.0. The predicted molar refractivity (Wildman–Crippen MR) is 174 cm³/mol. The average Bonchev–Trinajstić information content (AvgIpc) is 3.24. The topological polar surface area (TPSA) is 66.4 Å². The summed E-state index contributed by atoms with van der Waals surface area (Å²) in [6, 6.07) is 20.2. The maximum Gasteiger partial charge on any atom is 0.254 e. The maximum atomic E-state index is 13.7. The number of thioether (sulfide) groups is 1. The Kier molecular flexibility index (Phi) is 8.10. The van der Waals surface area contributed by atoms with Crippen LogP contribution in [0.2, 0.25) is 5.15 Å². The Morgan fingerprint density at radius 1 is 0.977 bits per heavy atom. The van der Waals surface area contributed by atoms with Crippen LogP contribution in [-0.2, 0) is 16.0 Å². The van der Waals surface area contributed by atoms with Crippen molar-refractivity contribution < 1.29 is 9.59 Å². The number of rotatable bonds is 7. The summed E-state index contributed by atoms with van der Waals surface area (Å²) >= 11 is 8.00. The number of carbonyl (C=O) groups excluding carboxylic acids is 2. The minimum Gasteiger partial charge on any atom is -0.356 e. The number of halogens is 1. The molecule has 3 fully saturated rings. The Balaban J connectivity index is 1.12. The quantitative estimate of drug-likeness (QED) is 0.155. The zero-order valence-electron chi connectivity index (χ0n) is 25.6. The average molecular weight is 617 g/mol. The first-order valence-corrected chi connectivity index (χ1v) is 16.7. The summed E-state index contributed by atoms with van der Waals surface area (Å²) in [6.07, 6.45) is 4.79. The lowest BCUT2D eigenvalue weighted by Crippen LogP contribution is -2.47. The van der Waals surface area contributed by atoms with Crippen LogP contribution >= 0.6 is 23.4 Å². The third kappa shape index (κ3) is 6.21. The first-order chi connectivity index (χ1) is 20.5.